The Morgan fingerprint density at radius 1 is 1.03 bits per heavy atom. The molecule has 1 saturated heterocycles. The van der Waals surface area contributed by atoms with Crippen LogP contribution < -0.4 is 4.74 Å². The zero-order valence-corrected chi connectivity index (χ0v) is 17.8. The topological polar surface area (TPSA) is 128 Å². The van der Waals surface area contributed by atoms with Crippen LogP contribution in [0.5, 0.6) is 5.75 Å². The molecule has 0 unspecified atom stereocenters. The molecule has 2 aromatic rings. The average Bonchev–Trinajstić information content (AvgIpc) is 2.75. The summed E-state index contributed by atoms with van der Waals surface area (Å²) < 4.78 is 30.0. The Kier molecular flexibility index (Phi) is 7.42. The predicted molar refractivity (Wildman–Crippen MR) is 115 cm³/mol. The summed E-state index contributed by atoms with van der Waals surface area (Å²) in [4.78, 5) is 2.06. The number of benzene rings is 2. The van der Waals surface area contributed by atoms with E-state index in [-0.39, 0.29) is 22.3 Å². The lowest BCUT2D eigenvalue weighted by atomic mass is 9.88. The first-order chi connectivity index (χ1) is 14.7. The fourth-order valence-corrected chi connectivity index (χ4v) is 4.93. The highest BCUT2D eigenvalue weighted by Gasteiger charge is 2.28. The highest BCUT2D eigenvalue weighted by Crippen LogP contribution is 2.23. The molecule has 1 heterocycles. The van der Waals surface area contributed by atoms with Gasteiger partial charge in [0.2, 0.25) is 0 Å². The third kappa shape index (κ3) is 6.36. The molecule has 1 aliphatic heterocycles. The van der Waals surface area contributed by atoms with Crippen molar-refractivity contribution >= 4 is 9.84 Å². The van der Waals surface area contributed by atoms with Crippen molar-refractivity contribution < 1.29 is 33.6 Å². The van der Waals surface area contributed by atoms with Gasteiger partial charge in [-0.1, -0.05) is 30.3 Å². The summed E-state index contributed by atoms with van der Waals surface area (Å²) in [5.74, 6) is -2.32. The number of aliphatic hydroxyl groups excluding tert-OH is 3. The molecule has 2 atom stereocenters. The molecule has 4 N–H and O–H groups in total. The lowest BCUT2D eigenvalue weighted by molar-refractivity contribution is 0.0245. The summed E-state index contributed by atoms with van der Waals surface area (Å²) in [6.07, 6.45) is 1.11. The number of ether oxygens (including phenoxy) is 1. The van der Waals surface area contributed by atoms with E-state index in [4.69, 9.17) is 14.9 Å². The number of piperidine rings is 1. The van der Waals surface area contributed by atoms with Crippen LogP contribution in [-0.2, 0) is 16.3 Å². The van der Waals surface area contributed by atoms with E-state index in [0.29, 0.717) is 13.1 Å². The molecule has 0 amide bonds. The number of sulfone groups is 1. The van der Waals surface area contributed by atoms with Gasteiger partial charge in [0.1, 0.15) is 5.75 Å². The molecule has 1 aliphatic rings. The molecule has 1 fully saturated rings. The van der Waals surface area contributed by atoms with E-state index in [9.17, 15) is 18.6 Å². The maximum atomic E-state index is 12.6. The fourth-order valence-electron chi connectivity index (χ4n) is 3.64. The number of likely N-dealkylation sites (tertiary alicyclic amines) is 1. The summed E-state index contributed by atoms with van der Waals surface area (Å²) in [5.41, 5.74) is 1.19. The van der Waals surface area contributed by atoms with E-state index < -0.39 is 27.8 Å². The molecular weight excluding hydrogens is 422 g/mol. The van der Waals surface area contributed by atoms with Crippen LogP contribution in [0.4, 0.5) is 0 Å². The lowest BCUT2D eigenvalue weighted by Gasteiger charge is -2.36. The first kappa shape index (κ1) is 22.9. The zero-order chi connectivity index (χ0) is 22.4. The van der Waals surface area contributed by atoms with Crippen molar-refractivity contribution in [2.24, 2.45) is 5.92 Å². The molecule has 8 nitrogen and oxygen atoms in total. The number of hydrogen-bond donors (Lipinski definition) is 4. The van der Waals surface area contributed by atoms with Crippen molar-refractivity contribution in [2.75, 3.05) is 25.4 Å². The maximum Gasteiger partial charge on any atom is 0.366 e. The van der Waals surface area contributed by atoms with Crippen molar-refractivity contribution in [1.82, 2.24) is 4.90 Å². The Balaban J connectivity index is 1.52. The highest BCUT2D eigenvalue weighted by atomic mass is 32.2. The second-order valence-electron chi connectivity index (χ2n) is 7.63. The number of nitrogens with zero attached hydrogens (tertiary/aromatic N) is 1. The number of hydrogen-bond acceptors (Lipinski definition) is 8. The fraction of sp³-hybridized carbons (Fsp3) is 0.364. The quantitative estimate of drug-likeness (QED) is 0.453. The van der Waals surface area contributed by atoms with Crippen LogP contribution in [0.3, 0.4) is 0 Å². The molecule has 31 heavy (non-hydrogen) atoms. The number of β-amino-alcohol motifs (C(OH)–C–C–N with tert-alkyl or cyclic N) is 1. The van der Waals surface area contributed by atoms with Crippen molar-refractivity contribution in [3.8, 4) is 5.75 Å². The van der Waals surface area contributed by atoms with E-state index in [0.717, 1.165) is 19.4 Å². The molecule has 9 heteroatoms. The summed E-state index contributed by atoms with van der Waals surface area (Å²) in [6, 6.07) is 15.3. The third-order valence-electron chi connectivity index (χ3n) is 5.41. The minimum Gasteiger partial charge on any atom is -0.476 e. The Labute approximate surface area is 181 Å². The largest absolute Gasteiger partial charge is 0.476 e. The standard InChI is InChI=1S/C22H27NO7S/c24-20-15-23(11-10-17(20)14-16-4-2-1-3-5-16)12-13-31(28,29)19-8-6-18(7-9-19)30-22(27)21(25)26/h1-9,17,20,24-27H,10-15H2/t17-,20-/m1/s1. The zero-order valence-electron chi connectivity index (χ0n) is 17.0. The Bertz CT molecular complexity index is 986. The summed E-state index contributed by atoms with van der Waals surface area (Å²) in [7, 11) is -3.55. The average molecular weight is 450 g/mol. The van der Waals surface area contributed by atoms with Gasteiger partial charge in [0.15, 0.2) is 9.84 Å². The second kappa shape index (κ2) is 10.0. The number of aliphatic hydroxyl groups is 4. The molecule has 2 aromatic carbocycles. The van der Waals surface area contributed by atoms with Gasteiger partial charge in [-0.3, -0.25) is 4.90 Å². The van der Waals surface area contributed by atoms with Gasteiger partial charge < -0.3 is 25.2 Å². The number of rotatable bonds is 8. The molecule has 0 bridgehead atoms. The van der Waals surface area contributed by atoms with Gasteiger partial charge in [-0.05, 0) is 55.1 Å². The monoisotopic (exact) mass is 449 g/mol. The van der Waals surface area contributed by atoms with Crippen LogP contribution in [0.25, 0.3) is 0 Å². The smallest absolute Gasteiger partial charge is 0.366 e. The van der Waals surface area contributed by atoms with Crippen LogP contribution in [0.2, 0.25) is 0 Å². The van der Waals surface area contributed by atoms with Gasteiger partial charge in [0, 0.05) is 13.1 Å². The summed E-state index contributed by atoms with van der Waals surface area (Å²) >= 11 is 0. The van der Waals surface area contributed by atoms with E-state index in [1.807, 2.05) is 35.2 Å². The van der Waals surface area contributed by atoms with Crippen LogP contribution in [0.15, 0.2) is 71.4 Å². The lowest BCUT2D eigenvalue weighted by Crippen LogP contribution is -2.46. The van der Waals surface area contributed by atoms with Crippen LogP contribution >= 0.6 is 0 Å². The molecule has 168 valence electrons. The Morgan fingerprint density at radius 2 is 1.71 bits per heavy atom. The predicted octanol–water partition coefficient (Wildman–Crippen LogP) is 2.57. The Morgan fingerprint density at radius 3 is 2.32 bits per heavy atom. The molecular formula is C22H27NO7S. The molecule has 0 aliphatic carbocycles. The van der Waals surface area contributed by atoms with Crippen LogP contribution in [0, 0.1) is 5.92 Å². The van der Waals surface area contributed by atoms with Gasteiger partial charge in [-0.15, -0.1) is 0 Å². The molecule has 0 radical (unpaired) electrons. The highest BCUT2D eigenvalue weighted by molar-refractivity contribution is 7.91. The van der Waals surface area contributed by atoms with Gasteiger partial charge in [0.25, 0.3) is 0 Å². The minimum absolute atomic E-state index is 0.0562. The first-order valence-corrected chi connectivity index (χ1v) is 11.7. The summed E-state index contributed by atoms with van der Waals surface area (Å²) in [5, 5.41) is 37.1. The Hall–Kier alpha value is -2.75. The van der Waals surface area contributed by atoms with E-state index in [2.05, 4.69) is 0 Å². The SMILES string of the molecule is O=S(=O)(CCN1CC[C@H](Cc2ccccc2)[C@H](O)C1)c1ccc(OC(O)=C(O)O)cc1. The first-order valence-electron chi connectivity index (χ1n) is 10.0. The van der Waals surface area contributed by atoms with E-state index >= 15 is 0 Å². The summed E-state index contributed by atoms with van der Waals surface area (Å²) in [6.45, 7) is 1.49. The molecule has 3 rings (SSSR count). The maximum absolute atomic E-state index is 12.6. The van der Waals surface area contributed by atoms with Crippen LogP contribution in [-0.4, -0.2) is 65.2 Å². The van der Waals surface area contributed by atoms with Gasteiger partial charge in [-0.2, -0.15) is 0 Å². The van der Waals surface area contributed by atoms with Crippen molar-refractivity contribution in [3.05, 3.63) is 72.1 Å². The molecule has 0 saturated carbocycles. The van der Waals surface area contributed by atoms with Crippen molar-refractivity contribution in [1.29, 1.82) is 0 Å². The third-order valence-corrected chi connectivity index (χ3v) is 7.12. The van der Waals surface area contributed by atoms with Crippen LogP contribution in [0.1, 0.15) is 12.0 Å². The minimum atomic E-state index is -3.55. The van der Waals surface area contributed by atoms with Gasteiger partial charge in [0.05, 0.1) is 16.8 Å². The molecule has 0 aromatic heterocycles. The second-order valence-corrected chi connectivity index (χ2v) is 9.74. The van der Waals surface area contributed by atoms with Gasteiger partial charge >= 0.3 is 11.9 Å². The van der Waals surface area contributed by atoms with Gasteiger partial charge in [-0.25, -0.2) is 8.42 Å². The van der Waals surface area contributed by atoms with E-state index in [1.54, 1.807) is 0 Å². The van der Waals surface area contributed by atoms with Crippen molar-refractivity contribution in [2.45, 2.75) is 23.8 Å². The van der Waals surface area contributed by atoms with E-state index in [1.165, 1.54) is 29.8 Å². The normalized spacial score (nSPS) is 19.6. The molecule has 0 spiro atoms. The van der Waals surface area contributed by atoms with Crippen molar-refractivity contribution in [3.63, 3.8) is 0 Å².